The van der Waals surface area contributed by atoms with Crippen LogP contribution in [0.2, 0.25) is 0 Å². The molecular formula is C19H26N6O2. The molecule has 27 heavy (non-hydrogen) atoms. The first kappa shape index (κ1) is 17.9. The zero-order chi connectivity index (χ0) is 18.8. The molecule has 1 aromatic rings. The molecule has 0 spiro atoms. The molecule has 3 N–H and O–H groups in total. The molecule has 2 saturated heterocycles. The van der Waals surface area contributed by atoms with Crippen molar-refractivity contribution in [3.8, 4) is 0 Å². The van der Waals surface area contributed by atoms with E-state index in [1.54, 1.807) is 13.1 Å². The molecule has 3 unspecified atom stereocenters. The summed E-state index contributed by atoms with van der Waals surface area (Å²) in [5.41, 5.74) is 2.41. The number of fused-ring (bicyclic) bond motifs is 1. The predicted octanol–water partition coefficient (Wildman–Crippen LogP) is 1.54. The standard InChI is InChI=1S/C19H26N6O2/c1-12(20)18-19(24-17-4-2-3-7-27-17)23-16(8-22-18)25-9-14-13(15(14)10-25)5-6-21-11-26/h5,8,11,14-15,17,20H,2-4,6-7,9-10H2,1H3,(H,21,26)(H,23,24). The number of hydrogen-bond donors (Lipinski definition) is 3. The molecule has 1 aromatic heterocycles. The van der Waals surface area contributed by atoms with E-state index in [9.17, 15) is 4.79 Å². The first-order valence-electron chi connectivity index (χ1n) is 9.60. The number of carbonyl (C=O) groups is 1. The highest BCUT2D eigenvalue weighted by atomic mass is 16.5. The topological polar surface area (TPSA) is 103 Å². The minimum Gasteiger partial charge on any atom is -0.359 e. The average molecular weight is 370 g/mol. The molecule has 4 rings (SSSR count). The lowest BCUT2D eigenvalue weighted by Crippen LogP contribution is -2.30. The number of nitrogens with one attached hydrogen (secondary N) is 3. The summed E-state index contributed by atoms with van der Waals surface area (Å²) in [5, 5.41) is 14.0. The van der Waals surface area contributed by atoms with Gasteiger partial charge in [-0.15, -0.1) is 0 Å². The molecule has 3 heterocycles. The van der Waals surface area contributed by atoms with Crippen LogP contribution in [-0.2, 0) is 9.53 Å². The average Bonchev–Trinajstić information content (AvgIpc) is 3.11. The van der Waals surface area contributed by atoms with Crippen molar-refractivity contribution in [3.05, 3.63) is 23.5 Å². The lowest BCUT2D eigenvalue weighted by Gasteiger charge is -2.26. The largest absolute Gasteiger partial charge is 0.359 e. The van der Waals surface area contributed by atoms with Crippen molar-refractivity contribution in [2.45, 2.75) is 32.4 Å². The number of amides is 1. The highest BCUT2D eigenvalue weighted by Gasteiger charge is 2.50. The van der Waals surface area contributed by atoms with E-state index < -0.39 is 0 Å². The molecule has 3 fully saturated rings. The zero-order valence-corrected chi connectivity index (χ0v) is 15.6. The van der Waals surface area contributed by atoms with Gasteiger partial charge in [0, 0.05) is 38.1 Å². The van der Waals surface area contributed by atoms with Gasteiger partial charge in [0.1, 0.15) is 17.7 Å². The molecule has 144 valence electrons. The molecule has 0 bridgehead atoms. The Bertz CT molecular complexity index is 745. The summed E-state index contributed by atoms with van der Waals surface area (Å²) < 4.78 is 5.77. The van der Waals surface area contributed by atoms with Crippen molar-refractivity contribution in [2.75, 3.05) is 36.5 Å². The second-order valence-corrected chi connectivity index (χ2v) is 7.40. The fraction of sp³-hybridized carbons (Fsp3) is 0.579. The van der Waals surface area contributed by atoms with Crippen LogP contribution in [0.25, 0.3) is 0 Å². The van der Waals surface area contributed by atoms with Crippen LogP contribution in [0.15, 0.2) is 17.8 Å². The van der Waals surface area contributed by atoms with Crippen LogP contribution in [0.3, 0.4) is 0 Å². The number of carbonyl (C=O) groups excluding carboxylic acids is 1. The van der Waals surface area contributed by atoms with Gasteiger partial charge in [-0.1, -0.05) is 11.6 Å². The molecule has 2 aliphatic heterocycles. The van der Waals surface area contributed by atoms with Crippen molar-refractivity contribution in [1.82, 2.24) is 15.3 Å². The highest BCUT2D eigenvalue weighted by molar-refractivity contribution is 5.98. The Kier molecular flexibility index (Phi) is 5.07. The third-order valence-corrected chi connectivity index (χ3v) is 5.52. The quantitative estimate of drug-likeness (QED) is 0.291. The minimum absolute atomic E-state index is 0.0618. The fourth-order valence-corrected chi connectivity index (χ4v) is 4.05. The molecule has 1 aliphatic carbocycles. The van der Waals surface area contributed by atoms with E-state index in [2.05, 4.69) is 26.6 Å². The third-order valence-electron chi connectivity index (χ3n) is 5.52. The lowest BCUT2D eigenvalue weighted by molar-refractivity contribution is -0.109. The van der Waals surface area contributed by atoms with Crippen molar-refractivity contribution in [2.24, 2.45) is 11.8 Å². The maximum Gasteiger partial charge on any atom is 0.207 e. The maximum atomic E-state index is 10.3. The highest BCUT2D eigenvalue weighted by Crippen LogP contribution is 2.51. The van der Waals surface area contributed by atoms with Gasteiger partial charge in [-0.3, -0.25) is 4.79 Å². The number of aromatic nitrogens is 2. The minimum atomic E-state index is -0.0618. The fourth-order valence-electron chi connectivity index (χ4n) is 4.05. The lowest BCUT2D eigenvalue weighted by atomic mass is 10.2. The van der Waals surface area contributed by atoms with Gasteiger partial charge in [0.25, 0.3) is 0 Å². The Labute approximate surface area is 158 Å². The van der Waals surface area contributed by atoms with Crippen molar-refractivity contribution < 1.29 is 9.53 Å². The first-order chi connectivity index (χ1) is 13.2. The van der Waals surface area contributed by atoms with Crippen LogP contribution in [0.1, 0.15) is 31.9 Å². The van der Waals surface area contributed by atoms with Crippen LogP contribution in [0.4, 0.5) is 11.6 Å². The van der Waals surface area contributed by atoms with Crippen molar-refractivity contribution >= 4 is 23.8 Å². The second-order valence-electron chi connectivity index (χ2n) is 7.40. The van der Waals surface area contributed by atoms with Gasteiger partial charge >= 0.3 is 0 Å². The number of ether oxygens (including phenoxy) is 1. The molecule has 1 saturated carbocycles. The zero-order valence-electron chi connectivity index (χ0n) is 15.6. The molecule has 0 aromatic carbocycles. The van der Waals surface area contributed by atoms with Gasteiger partial charge in [-0.25, -0.2) is 9.97 Å². The summed E-state index contributed by atoms with van der Waals surface area (Å²) >= 11 is 0. The van der Waals surface area contributed by atoms with E-state index >= 15 is 0 Å². The molecule has 3 atom stereocenters. The van der Waals surface area contributed by atoms with E-state index in [-0.39, 0.29) is 6.23 Å². The molecule has 8 nitrogen and oxygen atoms in total. The van der Waals surface area contributed by atoms with Gasteiger partial charge < -0.3 is 25.7 Å². The van der Waals surface area contributed by atoms with Gasteiger partial charge in [0.15, 0.2) is 5.82 Å². The second kappa shape index (κ2) is 7.64. The van der Waals surface area contributed by atoms with E-state index in [0.717, 1.165) is 51.2 Å². The Balaban J connectivity index is 1.45. The van der Waals surface area contributed by atoms with E-state index in [1.807, 2.05) is 0 Å². The molecule has 8 heteroatoms. The third kappa shape index (κ3) is 3.80. The summed E-state index contributed by atoms with van der Waals surface area (Å²) in [4.78, 5) is 21.9. The van der Waals surface area contributed by atoms with E-state index in [1.165, 1.54) is 5.57 Å². The number of nitrogens with zero attached hydrogens (tertiary/aromatic N) is 3. The Morgan fingerprint density at radius 3 is 2.89 bits per heavy atom. The van der Waals surface area contributed by atoms with E-state index in [0.29, 0.717) is 35.6 Å². The summed E-state index contributed by atoms with van der Waals surface area (Å²) in [7, 11) is 0. The summed E-state index contributed by atoms with van der Waals surface area (Å²) in [6.45, 7) is 4.94. The van der Waals surface area contributed by atoms with E-state index in [4.69, 9.17) is 15.1 Å². The molecule has 3 aliphatic rings. The molecule has 1 amide bonds. The normalized spacial score (nSPS) is 26.3. The molecular weight excluding hydrogens is 344 g/mol. The van der Waals surface area contributed by atoms with Gasteiger partial charge in [-0.05, 0) is 26.2 Å². The first-order valence-corrected chi connectivity index (χ1v) is 9.60. The van der Waals surface area contributed by atoms with Crippen LogP contribution in [0.5, 0.6) is 0 Å². The SMILES string of the molecule is CC(=N)c1ncc(N2CC3C(=CCNC=O)C3C2)nc1NC1CCCCO1. The van der Waals surface area contributed by atoms with Gasteiger partial charge in [-0.2, -0.15) is 0 Å². The predicted molar refractivity (Wildman–Crippen MR) is 103 cm³/mol. The Hall–Kier alpha value is -2.48. The molecule has 0 radical (unpaired) electrons. The number of anilines is 2. The van der Waals surface area contributed by atoms with Crippen LogP contribution < -0.4 is 15.5 Å². The van der Waals surface area contributed by atoms with Crippen LogP contribution in [0, 0.1) is 17.2 Å². The monoisotopic (exact) mass is 370 g/mol. The summed E-state index contributed by atoms with van der Waals surface area (Å²) in [6.07, 6.45) is 7.73. The van der Waals surface area contributed by atoms with Gasteiger partial charge in [0.2, 0.25) is 6.41 Å². The smallest absolute Gasteiger partial charge is 0.207 e. The Morgan fingerprint density at radius 2 is 2.22 bits per heavy atom. The van der Waals surface area contributed by atoms with Gasteiger partial charge in [0.05, 0.1) is 11.9 Å². The maximum absolute atomic E-state index is 10.3. The summed E-state index contributed by atoms with van der Waals surface area (Å²) in [5.74, 6) is 2.60. The number of hydrogen-bond acceptors (Lipinski definition) is 7. The Morgan fingerprint density at radius 1 is 1.41 bits per heavy atom. The number of piperidine rings is 1. The van der Waals surface area contributed by atoms with Crippen LogP contribution >= 0.6 is 0 Å². The number of rotatable bonds is 7. The van der Waals surface area contributed by atoms with Crippen molar-refractivity contribution in [3.63, 3.8) is 0 Å². The summed E-state index contributed by atoms with van der Waals surface area (Å²) in [6, 6.07) is 0. The van der Waals surface area contributed by atoms with Crippen molar-refractivity contribution in [1.29, 1.82) is 5.41 Å². The van der Waals surface area contributed by atoms with Crippen LogP contribution in [-0.4, -0.2) is 54.6 Å².